The van der Waals surface area contributed by atoms with Crippen molar-refractivity contribution in [2.24, 2.45) is 0 Å². The SMILES string of the molecule is O=S(=O)(Cc1ccccc1)Oc1ccc(C2CCCC2)cc1. The molecule has 0 heterocycles. The topological polar surface area (TPSA) is 43.4 Å². The molecule has 3 rings (SSSR count). The van der Waals surface area contributed by atoms with Crippen LogP contribution in [0.1, 0.15) is 42.7 Å². The minimum atomic E-state index is -3.62. The summed E-state index contributed by atoms with van der Waals surface area (Å²) in [5.74, 6) is 0.894. The summed E-state index contributed by atoms with van der Waals surface area (Å²) in [7, 11) is -3.62. The van der Waals surface area contributed by atoms with Crippen LogP contribution in [0.25, 0.3) is 0 Å². The van der Waals surface area contributed by atoms with Gasteiger partial charge in [0.05, 0.1) is 0 Å². The monoisotopic (exact) mass is 316 g/mol. The van der Waals surface area contributed by atoms with Crippen molar-refractivity contribution in [3.63, 3.8) is 0 Å². The Morgan fingerprint density at radius 3 is 2.18 bits per heavy atom. The molecule has 0 radical (unpaired) electrons. The van der Waals surface area contributed by atoms with E-state index in [9.17, 15) is 8.42 Å². The van der Waals surface area contributed by atoms with Crippen molar-refractivity contribution >= 4 is 10.1 Å². The van der Waals surface area contributed by atoms with E-state index in [1.807, 2.05) is 30.3 Å². The Hall–Kier alpha value is -1.81. The Kier molecular flexibility index (Phi) is 4.48. The average molecular weight is 316 g/mol. The molecule has 2 aromatic rings. The first kappa shape index (κ1) is 15.1. The normalized spacial score (nSPS) is 15.8. The standard InChI is InChI=1S/C18H20O3S/c19-22(20,14-15-6-2-1-3-7-15)21-18-12-10-17(11-13-18)16-8-4-5-9-16/h1-3,6-7,10-13,16H,4-5,8-9,14H2. The predicted octanol–water partition coefficient (Wildman–Crippen LogP) is 4.25. The van der Waals surface area contributed by atoms with Crippen LogP contribution in [0.2, 0.25) is 0 Å². The lowest BCUT2D eigenvalue weighted by Gasteiger charge is -2.11. The minimum Gasteiger partial charge on any atom is -0.382 e. The first-order valence-electron chi connectivity index (χ1n) is 7.68. The lowest BCUT2D eigenvalue weighted by atomic mass is 9.98. The molecular formula is C18H20O3S. The average Bonchev–Trinajstić information content (AvgIpc) is 3.02. The van der Waals surface area contributed by atoms with Crippen molar-refractivity contribution in [1.29, 1.82) is 0 Å². The van der Waals surface area contributed by atoms with Gasteiger partial charge in [0.2, 0.25) is 0 Å². The second kappa shape index (κ2) is 6.53. The summed E-state index contributed by atoms with van der Waals surface area (Å²) in [6.07, 6.45) is 5.03. The Morgan fingerprint density at radius 1 is 0.909 bits per heavy atom. The van der Waals surface area contributed by atoms with E-state index in [0.29, 0.717) is 11.7 Å². The van der Waals surface area contributed by atoms with Crippen molar-refractivity contribution < 1.29 is 12.6 Å². The summed E-state index contributed by atoms with van der Waals surface area (Å²) in [6.45, 7) is 0. The lowest BCUT2D eigenvalue weighted by Crippen LogP contribution is -2.12. The van der Waals surface area contributed by atoms with Gasteiger partial charge in [-0.05, 0) is 42.0 Å². The van der Waals surface area contributed by atoms with Crippen LogP contribution in [0.15, 0.2) is 54.6 Å². The third kappa shape index (κ3) is 3.89. The molecule has 0 N–H and O–H groups in total. The van der Waals surface area contributed by atoms with E-state index in [4.69, 9.17) is 4.18 Å². The van der Waals surface area contributed by atoms with Crippen molar-refractivity contribution in [2.45, 2.75) is 37.4 Å². The summed E-state index contributed by atoms with van der Waals surface area (Å²) in [5, 5.41) is 0. The second-order valence-electron chi connectivity index (χ2n) is 5.82. The molecule has 0 atom stereocenters. The van der Waals surface area contributed by atoms with Crippen LogP contribution in [0.5, 0.6) is 5.75 Å². The maximum atomic E-state index is 12.1. The molecule has 1 saturated carbocycles. The zero-order valence-corrected chi connectivity index (χ0v) is 13.3. The highest BCUT2D eigenvalue weighted by molar-refractivity contribution is 7.86. The molecule has 3 nitrogen and oxygen atoms in total. The van der Waals surface area contributed by atoms with Gasteiger partial charge in [-0.1, -0.05) is 55.3 Å². The van der Waals surface area contributed by atoms with Crippen LogP contribution in [0.3, 0.4) is 0 Å². The van der Waals surface area contributed by atoms with Crippen molar-refractivity contribution in [2.75, 3.05) is 0 Å². The fourth-order valence-corrected chi connectivity index (χ4v) is 4.07. The van der Waals surface area contributed by atoms with Crippen molar-refractivity contribution in [3.05, 3.63) is 65.7 Å². The van der Waals surface area contributed by atoms with Gasteiger partial charge in [0.1, 0.15) is 11.5 Å². The highest BCUT2D eigenvalue weighted by Gasteiger charge is 2.18. The zero-order valence-electron chi connectivity index (χ0n) is 12.4. The third-order valence-electron chi connectivity index (χ3n) is 4.12. The van der Waals surface area contributed by atoms with Gasteiger partial charge in [0.25, 0.3) is 0 Å². The molecule has 116 valence electrons. The summed E-state index contributed by atoms with van der Waals surface area (Å²) in [5.41, 5.74) is 2.01. The van der Waals surface area contributed by atoms with Crippen LogP contribution in [0.4, 0.5) is 0 Å². The van der Waals surface area contributed by atoms with Crippen molar-refractivity contribution in [3.8, 4) is 5.75 Å². The number of hydrogen-bond donors (Lipinski definition) is 0. The van der Waals surface area contributed by atoms with Gasteiger partial charge in [-0.15, -0.1) is 0 Å². The maximum absolute atomic E-state index is 12.1. The van der Waals surface area contributed by atoms with Gasteiger partial charge < -0.3 is 4.18 Å². The fraction of sp³-hybridized carbons (Fsp3) is 0.333. The Morgan fingerprint density at radius 2 is 1.55 bits per heavy atom. The van der Waals surface area contributed by atoms with E-state index < -0.39 is 10.1 Å². The molecule has 0 saturated heterocycles. The highest BCUT2D eigenvalue weighted by atomic mass is 32.2. The van der Waals surface area contributed by atoms with Gasteiger partial charge in [-0.3, -0.25) is 0 Å². The second-order valence-corrected chi connectivity index (χ2v) is 7.39. The molecule has 0 aliphatic heterocycles. The van der Waals surface area contributed by atoms with Crippen LogP contribution < -0.4 is 4.18 Å². The van der Waals surface area contributed by atoms with E-state index in [1.165, 1.54) is 31.2 Å². The summed E-state index contributed by atoms with van der Waals surface area (Å²) >= 11 is 0. The fourth-order valence-electron chi connectivity index (χ4n) is 3.01. The third-order valence-corrected chi connectivity index (χ3v) is 5.25. The molecule has 1 aliphatic rings. The molecule has 1 fully saturated rings. The zero-order chi connectivity index (χ0) is 15.4. The smallest absolute Gasteiger partial charge is 0.313 e. The van der Waals surface area contributed by atoms with Gasteiger partial charge in [-0.25, -0.2) is 0 Å². The Labute approximate surface area is 132 Å². The van der Waals surface area contributed by atoms with Crippen LogP contribution in [-0.2, 0) is 15.9 Å². The Balaban J connectivity index is 1.67. The molecule has 22 heavy (non-hydrogen) atoms. The van der Waals surface area contributed by atoms with E-state index in [2.05, 4.69) is 0 Å². The Bertz CT molecular complexity index is 700. The lowest BCUT2D eigenvalue weighted by molar-refractivity contribution is 0.485. The van der Waals surface area contributed by atoms with E-state index >= 15 is 0 Å². The molecule has 0 unspecified atom stereocenters. The summed E-state index contributed by atoms with van der Waals surface area (Å²) in [4.78, 5) is 0. The van der Waals surface area contributed by atoms with Gasteiger partial charge in [0, 0.05) is 0 Å². The van der Waals surface area contributed by atoms with E-state index in [1.54, 1.807) is 24.3 Å². The van der Waals surface area contributed by atoms with Gasteiger partial charge in [0.15, 0.2) is 0 Å². The molecule has 4 heteroatoms. The quantitative estimate of drug-likeness (QED) is 0.774. The highest BCUT2D eigenvalue weighted by Crippen LogP contribution is 2.34. The van der Waals surface area contributed by atoms with Crippen molar-refractivity contribution in [1.82, 2.24) is 0 Å². The molecule has 2 aromatic carbocycles. The molecular weight excluding hydrogens is 296 g/mol. The summed E-state index contributed by atoms with van der Waals surface area (Å²) < 4.78 is 29.4. The van der Waals surface area contributed by atoms with Gasteiger partial charge in [-0.2, -0.15) is 8.42 Å². The van der Waals surface area contributed by atoms with E-state index in [-0.39, 0.29) is 5.75 Å². The van der Waals surface area contributed by atoms with Crippen LogP contribution >= 0.6 is 0 Å². The van der Waals surface area contributed by atoms with Crippen LogP contribution in [-0.4, -0.2) is 8.42 Å². The molecule has 0 bridgehead atoms. The molecule has 0 spiro atoms. The first-order valence-corrected chi connectivity index (χ1v) is 9.26. The summed E-state index contributed by atoms with van der Waals surface area (Å²) in [6, 6.07) is 16.6. The largest absolute Gasteiger partial charge is 0.382 e. The predicted molar refractivity (Wildman–Crippen MR) is 87.3 cm³/mol. The number of benzene rings is 2. The number of rotatable bonds is 5. The molecule has 0 aromatic heterocycles. The maximum Gasteiger partial charge on any atom is 0.313 e. The van der Waals surface area contributed by atoms with Crippen LogP contribution in [0, 0.1) is 0 Å². The van der Waals surface area contributed by atoms with E-state index in [0.717, 1.165) is 5.56 Å². The first-order chi connectivity index (χ1) is 10.6. The minimum absolute atomic E-state index is 0.113. The molecule has 0 amide bonds. The number of hydrogen-bond acceptors (Lipinski definition) is 3. The molecule has 1 aliphatic carbocycles. The van der Waals surface area contributed by atoms with Gasteiger partial charge >= 0.3 is 10.1 Å².